The van der Waals surface area contributed by atoms with Gasteiger partial charge >= 0.3 is 0 Å². The van der Waals surface area contributed by atoms with Crippen LogP contribution in [-0.2, 0) is 0 Å². The second-order valence-electron chi connectivity index (χ2n) is 6.77. The minimum atomic E-state index is 0.992. The van der Waals surface area contributed by atoms with E-state index in [9.17, 15) is 0 Å². The largest absolute Gasteiger partial charge is 0.304 e. The minimum absolute atomic E-state index is 0.992. The molecule has 0 aliphatic rings. The summed E-state index contributed by atoms with van der Waals surface area (Å²) in [5.41, 5.74) is 0. The molecule has 0 aromatic heterocycles. The molecule has 2 N–H and O–H groups in total. The van der Waals surface area contributed by atoms with Crippen LogP contribution in [-0.4, -0.2) is 19.8 Å². The molecule has 0 radical (unpaired) electrons. The zero-order valence-electron chi connectivity index (χ0n) is 15.7. The van der Waals surface area contributed by atoms with Crippen molar-refractivity contribution in [3.8, 4) is 0 Å². The Kier molecular flexibility index (Phi) is 20.8. The lowest BCUT2D eigenvalue weighted by molar-refractivity contribution is 0.516. The van der Waals surface area contributed by atoms with E-state index in [0.29, 0.717) is 0 Å². The fraction of sp³-hybridized carbons (Fsp3) is 1.00. The van der Waals surface area contributed by atoms with Gasteiger partial charge in [0.25, 0.3) is 0 Å². The minimum Gasteiger partial charge on any atom is -0.304 e. The maximum absolute atomic E-state index is 3.50. The van der Waals surface area contributed by atoms with Gasteiger partial charge in [-0.2, -0.15) is 0 Å². The Morgan fingerprint density at radius 1 is 0.409 bits per heavy atom. The van der Waals surface area contributed by atoms with Gasteiger partial charge in [0.1, 0.15) is 0 Å². The molecule has 2 nitrogen and oxygen atoms in total. The maximum Gasteiger partial charge on any atom is 0.0454 e. The number of unbranched alkanes of at least 4 members (excludes halogenated alkanes) is 13. The lowest BCUT2D eigenvalue weighted by Gasteiger charge is -2.07. The van der Waals surface area contributed by atoms with E-state index in [1.165, 1.54) is 109 Å². The molecule has 0 spiro atoms. The molecule has 0 heterocycles. The third-order valence-electron chi connectivity index (χ3n) is 4.41. The van der Waals surface area contributed by atoms with Crippen molar-refractivity contribution in [1.82, 2.24) is 10.6 Å². The molecule has 0 aliphatic heterocycles. The van der Waals surface area contributed by atoms with E-state index in [1.54, 1.807) is 0 Å². The van der Waals surface area contributed by atoms with Gasteiger partial charge in [0, 0.05) is 6.67 Å². The average Bonchev–Trinajstić information content (AvgIpc) is 2.54. The van der Waals surface area contributed by atoms with Crippen LogP contribution < -0.4 is 10.6 Å². The molecular formula is C20H44N2. The Bertz CT molecular complexity index is 163. The van der Waals surface area contributed by atoms with Gasteiger partial charge in [0.2, 0.25) is 0 Å². The highest BCUT2D eigenvalue weighted by Crippen LogP contribution is 2.09. The van der Waals surface area contributed by atoms with Gasteiger partial charge in [-0.05, 0) is 25.9 Å². The third-order valence-corrected chi connectivity index (χ3v) is 4.41. The smallest absolute Gasteiger partial charge is 0.0454 e. The third kappa shape index (κ3) is 19.9. The first kappa shape index (κ1) is 21.9. The van der Waals surface area contributed by atoms with Crippen molar-refractivity contribution in [3.05, 3.63) is 0 Å². The zero-order chi connectivity index (χ0) is 16.1. The molecule has 0 rings (SSSR count). The van der Waals surface area contributed by atoms with Gasteiger partial charge in [-0.1, -0.05) is 97.3 Å². The Labute approximate surface area is 141 Å². The van der Waals surface area contributed by atoms with Crippen molar-refractivity contribution >= 4 is 0 Å². The van der Waals surface area contributed by atoms with Gasteiger partial charge in [-0.15, -0.1) is 0 Å². The normalized spacial score (nSPS) is 11.2. The molecule has 0 saturated heterocycles. The molecule has 134 valence electrons. The van der Waals surface area contributed by atoms with E-state index in [4.69, 9.17) is 0 Å². The van der Waals surface area contributed by atoms with Crippen LogP contribution >= 0.6 is 0 Å². The lowest BCUT2D eigenvalue weighted by Crippen LogP contribution is -2.30. The van der Waals surface area contributed by atoms with E-state index in [0.717, 1.165) is 6.67 Å². The van der Waals surface area contributed by atoms with E-state index >= 15 is 0 Å². The first-order chi connectivity index (χ1) is 10.9. The fourth-order valence-corrected chi connectivity index (χ4v) is 2.86. The summed E-state index contributed by atoms with van der Waals surface area (Å²) in [6.45, 7) is 7.92. The van der Waals surface area contributed by atoms with Crippen molar-refractivity contribution < 1.29 is 0 Å². The van der Waals surface area contributed by atoms with Crippen LogP contribution in [0.1, 0.15) is 110 Å². The van der Waals surface area contributed by atoms with Crippen LogP contribution in [0.25, 0.3) is 0 Å². The Hall–Kier alpha value is -0.0800. The van der Waals surface area contributed by atoms with Gasteiger partial charge < -0.3 is 10.6 Å². The molecule has 0 bridgehead atoms. The second-order valence-corrected chi connectivity index (χ2v) is 6.77. The fourth-order valence-electron chi connectivity index (χ4n) is 2.86. The van der Waals surface area contributed by atoms with Crippen LogP contribution in [0.2, 0.25) is 0 Å². The van der Waals surface area contributed by atoms with E-state index in [1.807, 2.05) is 0 Å². The maximum atomic E-state index is 3.50. The van der Waals surface area contributed by atoms with E-state index in [2.05, 4.69) is 24.5 Å². The summed E-state index contributed by atoms with van der Waals surface area (Å²) in [6, 6.07) is 0. The van der Waals surface area contributed by atoms with Crippen molar-refractivity contribution in [2.75, 3.05) is 19.8 Å². The molecule has 2 heteroatoms. The summed E-state index contributed by atoms with van der Waals surface area (Å²) in [4.78, 5) is 0. The molecule has 0 unspecified atom stereocenters. The molecule has 0 aliphatic carbocycles. The van der Waals surface area contributed by atoms with Crippen LogP contribution in [0.3, 0.4) is 0 Å². The van der Waals surface area contributed by atoms with Crippen molar-refractivity contribution in [1.29, 1.82) is 0 Å². The zero-order valence-corrected chi connectivity index (χ0v) is 15.7. The van der Waals surface area contributed by atoms with Crippen LogP contribution in [0.4, 0.5) is 0 Å². The van der Waals surface area contributed by atoms with Crippen molar-refractivity contribution in [2.45, 2.75) is 110 Å². The lowest BCUT2D eigenvalue weighted by atomic mass is 10.1. The number of rotatable bonds is 19. The topological polar surface area (TPSA) is 24.1 Å². The van der Waals surface area contributed by atoms with Gasteiger partial charge in [-0.25, -0.2) is 0 Å². The number of nitrogens with one attached hydrogen (secondary N) is 2. The number of hydrogen-bond acceptors (Lipinski definition) is 2. The predicted octanol–water partition coefficient (Wildman–Crippen LogP) is 6.01. The first-order valence-corrected chi connectivity index (χ1v) is 10.3. The summed E-state index contributed by atoms with van der Waals surface area (Å²) < 4.78 is 0. The number of hydrogen-bond donors (Lipinski definition) is 2. The highest BCUT2D eigenvalue weighted by molar-refractivity contribution is 4.52. The summed E-state index contributed by atoms with van der Waals surface area (Å²) >= 11 is 0. The van der Waals surface area contributed by atoms with Crippen molar-refractivity contribution in [2.24, 2.45) is 0 Å². The molecule has 22 heavy (non-hydrogen) atoms. The molecule has 0 atom stereocenters. The summed E-state index contributed by atoms with van der Waals surface area (Å²) in [6.07, 6.45) is 21.1. The van der Waals surface area contributed by atoms with Crippen LogP contribution in [0, 0.1) is 0 Å². The molecule has 0 fully saturated rings. The summed E-state index contributed by atoms with van der Waals surface area (Å²) in [5, 5.41) is 7.00. The van der Waals surface area contributed by atoms with Gasteiger partial charge in [0.15, 0.2) is 0 Å². The summed E-state index contributed by atoms with van der Waals surface area (Å²) in [5.74, 6) is 0. The quantitative estimate of drug-likeness (QED) is 0.225. The highest BCUT2D eigenvalue weighted by atomic mass is 15.0. The predicted molar refractivity (Wildman–Crippen MR) is 101 cm³/mol. The van der Waals surface area contributed by atoms with Gasteiger partial charge in [-0.3, -0.25) is 0 Å². The Morgan fingerprint density at radius 2 is 0.727 bits per heavy atom. The van der Waals surface area contributed by atoms with Crippen LogP contribution in [0.15, 0.2) is 0 Å². The molecule has 0 amide bonds. The van der Waals surface area contributed by atoms with Gasteiger partial charge in [0.05, 0.1) is 0 Å². The SMILES string of the molecule is CCCCCCCCCCCNCNCCCCCCCC. The highest BCUT2D eigenvalue weighted by Gasteiger charge is 1.93. The Morgan fingerprint density at radius 3 is 1.09 bits per heavy atom. The monoisotopic (exact) mass is 312 g/mol. The standard InChI is InChI=1S/C20H44N2/c1-3-5-7-9-11-12-13-15-17-19-22-20-21-18-16-14-10-8-6-4-2/h21-22H,3-20H2,1-2H3. The second kappa shape index (κ2) is 20.9. The van der Waals surface area contributed by atoms with Crippen LogP contribution in [0.5, 0.6) is 0 Å². The van der Waals surface area contributed by atoms with E-state index in [-0.39, 0.29) is 0 Å². The molecule has 0 aromatic rings. The Balaban J connectivity index is 2.91. The molecule has 0 aromatic carbocycles. The average molecular weight is 313 g/mol. The molecule has 0 saturated carbocycles. The molecular weight excluding hydrogens is 268 g/mol. The first-order valence-electron chi connectivity index (χ1n) is 10.3. The van der Waals surface area contributed by atoms with E-state index < -0.39 is 0 Å². The summed E-state index contributed by atoms with van der Waals surface area (Å²) in [7, 11) is 0. The van der Waals surface area contributed by atoms with Crippen molar-refractivity contribution in [3.63, 3.8) is 0 Å².